The topological polar surface area (TPSA) is 141 Å². The molecule has 2 rings (SSSR count). The van der Waals surface area contributed by atoms with Crippen LogP contribution in [-0.4, -0.2) is 17.9 Å². The Morgan fingerprint density at radius 3 is 2.59 bits per heavy atom. The maximum absolute atomic E-state index is 12.3. The van der Waals surface area contributed by atoms with Crippen LogP contribution in [0, 0.1) is 32.8 Å². The molecule has 0 aromatic heterocycles. The quantitative estimate of drug-likeness (QED) is 0.348. The molecule has 0 saturated heterocycles. The number of carbonyl (C=O) groups excluding carboxylic acids is 1. The van der Waals surface area contributed by atoms with E-state index in [1.54, 1.807) is 18.2 Å². The number of amides is 1. The lowest BCUT2D eigenvalue weighted by atomic mass is 10.2. The third-order valence-electron chi connectivity index (χ3n) is 3.43. The number of para-hydroxylation sites is 1. The summed E-state index contributed by atoms with van der Waals surface area (Å²) in [6.07, 6.45) is 1.15. The molecule has 0 unspecified atom stereocenters. The highest BCUT2D eigenvalue weighted by atomic mass is 16.6. The minimum Gasteiger partial charge on any atom is -0.494 e. The second kappa shape index (κ2) is 8.65. The van der Waals surface area contributed by atoms with Crippen molar-refractivity contribution in [1.29, 1.82) is 10.5 Å². The number of rotatable bonds is 6. The fourth-order valence-corrected chi connectivity index (χ4v) is 2.09. The number of nitriles is 2. The molecule has 2 aromatic carbocycles. The average Bonchev–Trinajstić information content (AvgIpc) is 2.68. The van der Waals surface area contributed by atoms with E-state index in [9.17, 15) is 20.2 Å². The number of nitrogens with one attached hydrogen (secondary N) is 2. The Hall–Kier alpha value is -4.37. The monoisotopic (exact) mass is 363 g/mol. The first-order valence-electron chi connectivity index (χ1n) is 7.50. The number of nitro benzene ring substituents is 1. The number of non-ortho nitro benzene ring substituents is 1. The van der Waals surface area contributed by atoms with E-state index < -0.39 is 10.8 Å². The SMILES string of the molecule is COc1cc([N+](=O)[O-])ccc1N/C=C(/C#N)C(=O)Nc1ccccc1C#N. The molecule has 0 aliphatic carbocycles. The Kier molecular flexibility index (Phi) is 6.07. The van der Waals surface area contributed by atoms with Gasteiger partial charge < -0.3 is 15.4 Å². The van der Waals surface area contributed by atoms with Gasteiger partial charge >= 0.3 is 0 Å². The molecule has 0 fully saturated rings. The zero-order valence-corrected chi connectivity index (χ0v) is 14.1. The normalized spacial score (nSPS) is 10.3. The van der Waals surface area contributed by atoms with Crippen LogP contribution in [0.2, 0.25) is 0 Å². The van der Waals surface area contributed by atoms with Crippen LogP contribution in [0.1, 0.15) is 5.56 Å². The lowest BCUT2D eigenvalue weighted by Gasteiger charge is -2.09. The van der Waals surface area contributed by atoms with Crippen LogP contribution in [0.25, 0.3) is 0 Å². The standard InChI is InChI=1S/C18H13N5O4/c1-27-17-8-14(23(25)26)6-7-16(17)21-11-13(10-20)18(24)22-15-5-3-2-4-12(15)9-19/h2-8,11,21H,1H3,(H,22,24)/b13-11-. The Morgan fingerprint density at radius 2 is 1.96 bits per heavy atom. The zero-order valence-electron chi connectivity index (χ0n) is 14.1. The Labute approximate surface area is 154 Å². The van der Waals surface area contributed by atoms with Crippen LogP contribution in [0.4, 0.5) is 17.1 Å². The lowest BCUT2D eigenvalue weighted by molar-refractivity contribution is -0.384. The largest absolute Gasteiger partial charge is 0.494 e. The number of carbonyl (C=O) groups is 1. The fourth-order valence-electron chi connectivity index (χ4n) is 2.09. The Balaban J connectivity index is 2.22. The van der Waals surface area contributed by atoms with Crippen LogP contribution in [-0.2, 0) is 4.79 Å². The van der Waals surface area contributed by atoms with Crippen molar-refractivity contribution in [2.24, 2.45) is 0 Å². The maximum atomic E-state index is 12.3. The molecule has 2 N–H and O–H groups in total. The average molecular weight is 363 g/mol. The van der Waals surface area contributed by atoms with Gasteiger partial charge in [0, 0.05) is 12.3 Å². The summed E-state index contributed by atoms with van der Waals surface area (Å²) in [5.74, 6) is -0.540. The van der Waals surface area contributed by atoms with Gasteiger partial charge in [0.05, 0.1) is 35.0 Å². The van der Waals surface area contributed by atoms with Crippen molar-refractivity contribution < 1.29 is 14.5 Å². The number of nitro groups is 1. The molecule has 0 atom stereocenters. The van der Waals surface area contributed by atoms with Crippen LogP contribution in [0.15, 0.2) is 54.2 Å². The number of ether oxygens (including phenoxy) is 1. The van der Waals surface area contributed by atoms with E-state index in [2.05, 4.69) is 10.6 Å². The van der Waals surface area contributed by atoms with Gasteiger partial charge in [-0.25, -0.2) is 0 Å². The van der Waals surface area contributed by atoms with Crippen molar-refractivity contribution in [1.82, 2.24) is 0 Å². The van der Waals surface area contributed by atoms with Crippen LogP contribution in [0.3, 0.4) is 0 Å². The predicted octanol–water partition coefficient (Wildman–Crippen LogP) is 2.93. The molecular weight excluding hydrogens is 350 g/mol. The first-order chi connectivity index (χ1) is 13.0. The van der Waals surface area contributed by atoms with Crippen molar-refractivity contribution >= 4 is 23.0 Å². The molecule has 2 aromatic rings. The number of methoxy groups -OCH3 is 1. The van der Waals surface area contributed by atoms with Gasteiger partial charge in [0.1, 0.15) is 23.5 Å². The van der Waals surface area contributed by atoms with E-state index in [-0.39, 0.29) is 28.3 Å². The highest BCUT2D eigenvalue weighted by Crippen LogP contribution is 2.29. The summed E-state index contributed by atoms with van der Waals surface area (Å²) in [6.45, 7) is 0. The van der Waals surface area contributed by atoms with E-state index in [1.807, 2.05) is 6.07 Å². The van der Waals surface area contributed by atoms with E-state index in [0.717, 1.165) is 6.20 Å². The summed E-state index contributed by atoms with van der Waals surface area (Å²) >= 11 is 0. The third-order valence-corrected chi connectivity index (χ3v) is 3.43. The molecule has 27 heavy (non-hydrogen) atoms. The number of hydrogen-bond donors (Lipinski definition) is 2. The molecular formula is C18H13N5O4. The van der Waals surface area contributed by atoms with Gasteiger partial charge in [-0.15, -0.1) is 0 Å². The van der Waals surface area contributed by atoms with E-state index >= 15 is 0 Å². The lowest BCUT2D eigenvalue weighted by Crippen LogP contribution is -2.15. The molecule has 0 spiro atoms. The molecule has 0 heterocycles. The van der Waals surface area contributed by atoms with Crippen molar-refractivity contribution in [3.05, 3.63) is 69.9 Å². The summed E-state index contributed by atoms with van der Waals surface area (Å²) in [4.78, 5) is 22.5. The third kappa shape index (κ3) is 4.59. The Morgan fingerprint density at radius 1 is 1.22 bits per heavy atom. The van der Waals surface area contributed by atoms with E-state index in [1.165, 1.54) is 37.4 Å². The van der Waals surface area contributed by atoms with Gasteiger partial charge in [-0.3, -0.25) is 14.9 Å². The molecule has 9 heteroatoms. The number of nitrogens with zero attached hydrogens (tertiary/aromatic N) is 3. The van der Waals surface area contributed by atoms with Crippen molar-refractivity contribution in [3.8, 4) is 17.9 Å². The summed E-state index contributed by atoms with van der Waals surface area (Å²) in [5, 5.41) is 34.3. The highest BCUT2D eigenvalue weighted by Gasteiger charge is 2.14. The summed E-state index contributed by atoms with van der Waals surface area (Å²) < 4.78 is 5.07. The first-order valence-corrected chi connectivity index (χ1v) is 7.50. The molecule has 9 nitrogen and oxygen atoms in total. The summed E-state index contributed by atoms with van der Waals surface area (Å²) in [5.41, 5.74) is 0.448. The van der Waals surface area contributed by atoms with E-state index in [0.29, 0.717) is 5.69 Å². The fraction of sp³-hybridized carbons (Fsp3) is 0.0556. The second-order valence-corrected chi connectivity index (χ2v) is 5.07. The van der Waals surface area contributed by atoms with Crippen LogP contribution < -0.4 is 15.4 Å². The van der Waals surface area contributed by atoms with Crippen molar-refractivity contribution in [2.45, 2.75) is 0 Å². The number of anilines is 2. The predicted molar refractivity (Wildman–Crippen MR) is 96.8 cm³/mol. The highest BCUT2D eigenvalue weighted by molar-refractivity contribution is 6.07. The second-order valence-electron chi connectivity index (χ2n) is 5.07. The minimum absolute atomic E-state index is 0.160. The zero-order chi connectivity index (χ0) is 19.8. The molecule has 0 aliphatic heterocycles. The van der Waals surface area contributed by atoms with Gasteiger partial charge in [0.25, 0.3) is 11.6 Å². The van der Waals surface area contributed by atoms with Crippen molar-refractivity contribution in [3.63, 3.8) is 0 Å². The molecule has 1 amide bonds. The molecule has 0 aliphatic rings. The van der Waals surface area contributed by atoms with Gasteiger partial charge in [-0.1, -0.05) is 12.1 Å². The molecule has 0 saturated carbocycles. The molecule has 0 bridgehead atoms. The minimum atomic E-state index is -0.714. The maximum Gasteiger partial charge on any atom is 0.273 e. The van der Waals surface area contributed by atoms with Gasteiger partial charge in [0.2, 0.25) is 0 Å². The number of hydrogen-bond acceptors (Lipinski definition) is 7. The first kappa shape index (κ1) is 19.0. The molecule has 134 valence electrons. The molecule has 0 radical (unpaired) electrons. The smallest absolute Gasteiger partial charge is 0.273 e. The van der Waals surface area contributed by atoms with Crippen LogP contribution in [0.5, 0.6) is 5.75 Å². The number of benzene rings is 2. The van der Waals surface area contributed by atoms with Gasteiger partial charge in [-0.2, -0.15) is 10.5 Å². The van der Waals surface area contributed by atoms with Gasteiger partial charge in [-0.05, 0) is 18.2 Å². The summed E-state index contributed by atoms with van der Waals surface area (Å²) in [7, 11) is 1.34. The van der Waals surface area contributed by atoms with E-state index in [4.69, 9.17) is 10.00 Å². The van der Waals surface area contributed by atoms with Gasteiger partial charge in [0.15, 0.2) is 0 Å². The Bertz CT molecular complexity index is 1000. The summed E-state index contributed by atoms with van der Waals surface area (Å²) in [6, 6.07) is 13.9. The van der Waals surface area contributed by atoms with Crippen LogP contribution >= 0.6 is 0 Å². The van der Waals surface area contributed by atoms with Crippen molar-refractivity contribution in [2.75, 3.05) is 17.7 Å².